The molecule has 0 unspecified atom stereocenters. The lowest BCUT2D eigenvalue weighted by molar-refractivity contribution is -0.137. The highest BCUT2D eigenvalue weighted by molar-refractivity contribution is 9.10. The predicted molar refractivity (Wildman–Crippen MR) is 81.5 cm³/mol. The van der Waals surface area contributed by atoms with Gasteiger partial charge in [0.1, 0.15) is 16.5 Å². The zero-order chi connectivity index (χ0) is 15.6. The molecular weight excluding hydrogens is 367 g/mol. The molecule has 2 aromatic carbocycles. The summed E-state index contributed by atoms with van der Waals surface area (Å²) in [5, 5.41) is 0. The van der Waals surface area contributed by atoms with E-state index >= 15 is 0 Å². The summed E-state index contributed by atoms with van der Waals surface area (Å²) in [4.78, 5) is -0.333. The van der Waals surface area contributed by atoms with E-state index in [1.165, 1.54) is 12.1 Å². The van der Waals surface area contributed by atoms with Crippen LogP contribution in [0.2, 0.25) is 0 Å². The fourth-order valence-corrected chi connectivity index (χ4v) is 2.23. The van der Waals surface area contributed by atoms with Crippen LogP contribution in [0.1, 0.15) is 11.1 Å². The molecule has 2 rings (SSSR count). The van der Waals surface area contributed by atoms with Crippen LogP contribution in [0.25, 0.3) is 0 Å². The van der Waals surface area contributed by atoms with E-state index in [1.54, 1.807) is 24.3 Å². The number of hydrogen-bond donors (Lipinski definition) is 1. The minimum atomic E-state index is -4.52. The number of alkyl halides is 3. The Balaban J connectivity index is 2.42. The maximum Gasteiger partial charge on any atom is 0.417 e. The third kappa shape index (κ3) is 3.74. The number of ether oxygens (including phenoxy) is 1. The minimum absolute atomic E-state index is 0.220. The Bertz CT molecular complexity index is 688. The molecule has 0 aliphatic rings. The van der Waals surface area contributed by atoms with E-state index in [0.29, 0.717) is 10.2 Å². The first-order valence-corrected chi connectivity index (χ1v) is 6.92. The van der Waals surface area contributed by atoms with Crippen LogP contribution in [0, 0.1) is 0 Å². The van der Waals surface area contributed by atoms with Gasteiger partial charge in [0.25, 0.3) is 0 Å². The number of halogens is 4. The van der Waals surface area contributed by atoms with Crippen LogP contribution in [-0.2, 0) is 6.18 Å². The van der Waals surface area contributed by atoms with Crippen LogP contribution in [0.4, 0.5) is 13.2 Å². The first-order chi connectivity index (χ1) is 9.79. The van der Waals surface area contributed by atoms with Crippen LogP contribution in [-0.4, -0.2) is 4.99 Å². The Labute approximate surface area is 132 Å². The van der Waals surface area contributed by atoms with E-state index in [1.807, 2.05) is 0 Å². The Hall–Kier alpha value is -1.60. The predicted octanol–water partition coefficient (Wildman–Crippen LogP) is 4.89. The average Bonchev–Trinajstić information content (AvgIpc) is 2.40. The van der Waals surface area contributed by atoms with Crippen molar-refractivity contribution in [3.8, 4) is 11.5 Å². The lowest BCUT2D eigenvalue weighted by Gasteiger charge is -2.14. The summed E-state index contributed by atoms with van der Waals surface area (Å²) in [6, 6.07) is 10.3. The van der Waals surface area contributed by atoms with E-state index in [0.717, 1.165) is 6.07 Å². The van der Waals surface area contributed by atoms with Crippen molar-refractivity contribution in [1.82, 2.24) is 0 Å². The third-order valence-corrected chi connectivity index (χ3v) is 3.50. The Kier molecular flexibility index (Phi) is 4.53. The Morgan fingerprint density at radius 2 is 1.81 bits per heavy atom. The molecule has 0 spiro atoms. The summed E-state index contributed by atoms with van der Waals surface area (Å²) in [5.74, 6) is 0.698. The van der Waals surface area contributed by atoms with Crippen molar-refractivity contribution >= 4 is 33.1 Å². The zero-order valence-electron chi connectivity index (χ0n) is 10.4. The average molecular weight is 376 g/mol. The molecule has 21 heavy (non-hydrogen) atoms. The molecule has 2 N–H and O–H groups in total. The summed E-state index contributed by atoms with van der Waals surface area (Å²) >= 11 is 7.97. The molecule has 0 atom stereocenters. The molecule has 0 heterocycles. The molecule has 2 aromatic rings. The molecular formula is C14H9BrF3NOS. The second-order valence-corrected chi connectivity index (χ2v) is 5.40. The number of nitrogens with two attached hydrogens (primary N) is 1. The smallest absolute Gasteiger partial charge is 0.417 e. The Morgan fingerprint density at radius 3 is 2.38 bits per heavy atom. The van der Waals surface area contributed by atoms with Gasteiger partial charge in [-0.1, -0.05) is 24.4 Å². The summed E-state index contributed by atoms with van der Waals surface area (Å²) in [6.07, 6.45) is -4.52. The molecule has 0 aromatic heterocycles. The van der Waals surface area contributed by atoms with E-state index < -0.39 is 11.7 Å². The van der Waals surface area contributed by atoms with Gasteiger partial charge in [-0.3, -0.25) is 0 Å². The summed E-state index contributed by atoms with van der Waals surface area (Å²) in [5.41, 5.74) is 4.23. The normalized spacial score (nSPS) is 11.2. The summed E-state index contributed by atoms with van der Waals surface area (Å²) < 4.78 is 44.8. The highest BCUT2D eigenvalue weighted by Gasteiger charge is 2.34. The van der Waals surface area contributed by atoms with Crippen LogP contribution in [0.3, 0.4) is 0 Å². The highest BCUT2D eigenvalue weighted by Crippen LogP contribution is 2.36. The maximum absolute atomic E-state index is 12.9. The third-order valence-electron chi connectivity index (χ3n) is 2.63. The van der Waals surface area contributed by atoms with Gasteiger partial charge in [-0.15, -0.1) is 0 Å². The first-order valence-electron chi connectivity index (χ1n) is 5.72. The van der Waals surface area contributed by atoms with Gasteiger partial charge >= 0.3 is 6.18 Å². The second-order valence-electron chi connectivity index (χ2n) is 4.10. The van der Waals surface area contributed by atoms with Gasteiger partial charge in [0.05, 0.1) is 10.0 Å². The highest BCUT2D eigenvalue weighted by atomic mass is 79.9. The molecule has 110 valence electrons. The monoisotopic (exact) mass is 375 g/mol. The quantitative estimate of drug-likeness (QED) is 0.775. The molecule has 0 saturated carbocycles. The maximum atomic E-state index is 12.9. The van der Waals surface area contributed by atoms with E-state index in [4.69, 9.17) is 10.5 Å². The minimum Gasteiger partial charge on any atom is -0.456 e. The van der Waals surface area contributed by atoms with Crippen molar-refractivity contribution in [2.75, 3.05) is 0 Å². The largest absolute Gasteiger partial charge is 0.456 e. The van der Waals surface area contributed by atoms with Crippen LogP contribution >= 0.6 is 28.1 Å². The zero-order valence-corrected chi connectivity index (χ0v) is 12.8. The lowest BCUT2D eigenvalue weighted by atomic mass is 10.1. The fraction of sp³-hybridized carbons (Fsp3) is 0.0714. The van der Waals surface area contributed by atoms with E-state index in [2.05, 4.69) is 28.1 Å². The summed E-state index contributed by atoms with van der Waals surface area (Å²) in [7, 11) is 0. The molecule has 0 aliphatic heterocycles. The van der Waals surface area contributed by atoms with Crippen LogP contribution < -0.4 is 10.5 Å². The molecule has 2 nitrogen and oxygen atoms in total. The number of para-hydroxylation sites is 1. The molecule has 0 aliphatic carbocycles. The van der Waals surface area contributed by atoms with Crippen molar-refractivity contribution in [2.45, 2.75) is 6.18 Å². The standard InChI is InChI=1S/C14H9BrF3NOS/c15-11-3-1-2-4-12(11)20-8-5-6-10(14(16,17)18)9(7-8)13(19)21/h1-7H,(H2,19,21). The van der Waals surface area contributed by atoms with Gasteiger partial charge in [0, 0.05) is 5.56 Å². The molecule has 0 radical (unpaired) electrons. The number of hydrogen-bond acceptors (Lipinski definition) is 2. The SMILES string of the molecule is NC(=S)c1cc(Oc2ccccc2Br)ccc1C(F)(F)F. The first kappa shape index (κ1) is 15.8. The van der Waals surface area contributed by atoms with Gasteiger partial charge in [0.15, 0.2) is 0 Å². The number of rotatable bonds is 3. The summed E-state index contributed by atoms with van der Waals surface area (Å²) in [6.45, 7) is 0. The fourth-order valence-electron chi connectivity index (χ4n) is 1.69. The Morgan fingerprint density at radius 1 is 1.14 bits per heavy atom. The van der Waals surface area contributed by atoms with Gasteiger partial charge in [-0.25, -0.2) is 0 Å². The van der Waals surface area contributed by atoms with Gasteiger partial charge in [-0.2, -0.15) is 13.2 Å². The van der Waals surface area contributed by atoms with Crippen LogP contribution in [0.15, 0.2) is 46.9 Å². The molecule has 0 saturated heterocycles. The van der Waals surface area contributed by atoms with Gasteiger partial charge in [-0.05, 0) is 46.3 Å². The number of thiocarbonyl (C=S) groups is 1. The van der Waals surface area contributed by atoms with Crippen molar-refractivity contribution in [3.63, 3.8) is 0 Å². The van der Waals surface area contributed by atoms with Gasteiger partial charge < -0.3 is 10.5 Å². The molecule has 0 bridgehead atoms. The molecule has 0 fully saturated rings. The van der Waals surface area contributed by atoms with Crippen LogP contribution in [0.5, 0.6) is 11.5 Å². The number of benzene rings is 2. The second kappa shape index (κ2) is 6.03. The van der Waals surface area contributed by atoms with Crippen molar-refractivity contribution in [2.24, 2.45) is 5.73 Å². The van der Waals surface area contributed by atoms with E-state index in [9.17, 15) is 13.2 Å². The topological polar surface area (TPSA) is 35.2 Å². The van der Waals surface area contributed by atoms with Crippen molar-refractivity contribution < 1.29 is 17.9 Å². The molecule has 7 heteroatoms. The van der Waals surface area contributed by atoms with Crippen molar-refractivity contribution in [1.29, 1.82) is 0 Å². The van der Waals surface area contributed by atoms with Crippen molar-refractivity contribution in [3.05, 3.63) is 58.1 Å². The van der Waals surface area contributed by atoms with E-state index in [-0.39, 0.29) is 16.3 Å². The molecule has 0 amide bonds. The lowest BCUT2D eigenvalue weighted by Crippen LogP contribution is -2.17. The van der Waals surface area contributed by atoms with Gasteiger partial charge in [0.2, 0.25) is 0 Å².